The highest BCUT2D eigenvalue weighted by atomic mass is 19.3. The molecule has 0 spiro atoms. The van der Waals surface area contributed by atoms with Gasteiger partial charge in [-0.15, -0.1) is 5.10 Å². The van der Waals surface area contributed by atoms with Crippen LogP contribution in [-0.2, 0) is 27.3 Å². The molecule has 0 bridgehead atoms. The number of ether oxygens (including phenoxy) is 1. The Kier molecular flexibility index (Phi) is 12.6. The number of alkyl halides is 2. The Morgan fingerprint density at radius 2 is 1.78 bits per heavy atom. The average Bonchev–Trinajstić information content (AvgIpc) is 3.97. The van der Waals surface area contributed by atoms with Gasteiger partial charge in [0.15, 0.2) is 5.76 Å². The Labute approximate surface area is 360 Å². The van der Waals surface area contributed by atoms with E-state index in [1.165, 1.54) is 49.5 Å². The number of anilines is 1. The molecule has 2 aromatic heterocycles. The Bertz CT molecular complexity index is 2570. The summed E-state index contributed by atoms with van der Waals surface area (Å²) in [5, 5.41) is 9.95. The van der Waals surface area contributed by atoms with Crippen LogP contribution in [0.5, 0.6) is 5.75 Å². The molecule has 2 saturated heterocycles. The molecular formula is C45H46F4N8O6. The molecule has 63 heavy (non-hydrogen) atoms. The van der Waals surface area contributed by atoms with Crippen LogP contribution in [0, 0.1) is 11.6 Å². The minimum atomic E-state index is -3.20. The van der Waals surface area contributed by atoms with Crippen LogP contribution in [0.15, 0.2) is 71.4 Å². The number of aryl methyl sites for hydroxylation is 1. The number of nitrogens with zero attached hydrogens (tertiary/aromatic N) is 7. The fourth-order valence-corrected chi connectivity index (χ4v) is 8.43. The lowest BCUT2D eigenvalue weighted by Gasteiger charge is -2.36. The standard InChI is InChI=1S/C45H46F4N8O6/c1-53(2)44(61)38-25-35-41(47)33(29-4-3-14-56(26-29)40(59)12-16-57-17-13-50-52-57)24-34(42(35)62-38)32-8-7-30(23-37(32)63-45(48)49)55-20-18-54(19-21-55)15-11-27-5-6-28(22-36(27)46)31-9-10-39(58)51-43(31)60/h4-8,13,17,22-25,31,45H,3,9-12,14-16,18-21,26H2,1-2H3,(H,51,58,60). The van der Waals surface area contributed by atoms with Crippen LogP contribution in [0.4, 0.5) is 23.2 Å². The number of carbonyl (C=O) groups is 4. The van der Waals surface area contributed by atoms with Crippen molar-refractivity contribution < 1.29 is 45.9 Å². The van der Waals surface area contributed by atoms with Gasteiger partial charge in [-0.1, -0.05) is 23.4 Å². The Hall–Kier alpha value is -6.56. The van der Waals surface area contributed by atoms with Crippen molar-refractivity contribution in [1.82, 2.24) is 35.0 Å². The molecule has 5 aromatic rings. The number of hydrogen-bond donors (Lipinski definition) is 1. The number of nitrogens with one attached hydrogen (secondary N) is 1. The molecule has 1 atom stereocenters. The van der Waals surface area contributed by atoms with Crippen LogP contribution >= 0.6 is 0 Å². The summed E-state index contributed by atoms with van der Waals surface area (Å²) in [7, 11) is 3.05. The van der Waals surface area contributed by atoms with Crippen molar-refractivity contribution in [3.8, 4) is 16.9 Å². The highest BCUT2D eigenvalue weighted by Crippen LogP contribution is 2.43. The molecule has 14 nitrogen and oxygen atoms in total. The Morgan fingerprint density at radius 1 is 0.968 bits per heavy atom. The molecule has 8 rings (SSSR count). The summed E-state index contributed by atoms with van der Waals surface area (Å²) in [6.07, 6.45) is 6.60. The summed E-state index contributed by atoms with van der Waals surface area (Å²) in [6, 6.07) is 12.5. The number of furan rings is 1. The fourth-order valence-electron chi connectivity index (χ4n) is 8.43. The van der Waals surface area contributed by atoms with E-state index in [1.807, 2.05) is 11.0 Å². The lowest BCUT2D eigenvalue weighted by atomic mass is 9.89. The van der Waals surface area contributed by atoms with Crippen LogP contribution in [0.3, 0.4) is 0 Å². The molecule has 0 aliphatic carbocycles. The van der Waals surface area contributed by atoms with Crippen molar-refractivity contribution >= 4 is 45.9 Å². The van der Waals surface area contributed by atoms with Crippen molar-refractivity contribution in [2.75, 3.05) is 64.8 Å². The third-order valence-electron chi connectivity index (χ3n) is 11.9. The molecule has 0 saturated carbocycles. The van der Waals surface area contributed by atoms with Crippen molar-refractivity contribution in [3.63, 3.8) is 0 Å². The van der Waals surface area contributed by atoms with E-state index in [2.05, 4.69) is 20.5 Å². The minimum absolute atomic E-state index is 0.0267. The summed E-state index contributed by atoms with van der Waals surface area (Å²) in [6.45, 7) is 0.480. The summed E-state index contributed by atoms with van der Waals surface area (Å²) < 4.78 is 72.9. The number of carbonyl (C=O) groups excluding carboxylic acids is 4. The van der Waals surface area contributed by atoms with Gasteiger partial charge in [-0.05, 0) is 60.2 Å². The SMILES string of the molecule is CN(C)C(=O)c1cc2c(F)c(C3=CCCN(C(=O)CCn4ccnn4)C3)cc(-c3ccc(N4CCN(CCc5ccc(C6CCC(=O)NC6=O)cc5F)CC4)cc3OC(F)F)c2o1. The normalized spacial score (nSPS) is 17.3. The molecule has 4 amide bonds. The number of piperazine rings is 1. The number of halogens is 4. The zero-order valence-corrected chi connectivity index (χ0v) is 34.8. The van der Waals surface area contributed by atoms with Gasteiger partial charge in [0.2, 0.25) is 17.7 Å². The first kappa shape index (κ1) is 43.1. The van der Waals surface area contributed by atoms with Gasteiger partial charge in [0.05, 0.1) is 24.0 Å². The van der Waals surface area contributed by atoms with Gasteiger partial charge in [0, 0.05) is 113 Å². The number of piperidine rings is 1. The first-order chi connectivity index (χ1) is 30.3. The summed E-state index contributed by atoms with van der Waals surface area (Å²) >= 11 is 0. The van der Waals surface area contributed by atoms with Crippen LogP contribution in [0.1, 0.15) is 58.8 Å². The van der Waals surface area contributed by atoms with Crippen molar-refractivity contribution in [1.29, 1.82) is 0 Å². The summed E-state index contributed by atoms with van der Waals surface area (Å²) in [5.74, 6) is -3.42. The van der Waals surface area contributed by atoms with Crippen molar-refractivity contribution in [2.45, 2.75) is 51.2 Å². The predicted molar refractivity (Wildman–Crippen MR) is 224 cm³/mol. The number of amides is 4. The zero-order chi connectivity index (χ0) is 44.4. The summed E-state index contributed by atoms with van der Waals surface area (Å²) in [4.78, 5) is 57.3. The number of benzene rings is 3. The lowest BCUT2D eigenvalue weighted by molar-refractivity contribution is -0.134. The van der Waals surface area contributed by atoms with Gasteiger partial charge in [0.1, 0.15) is 23.0 Å². The zero-order valence-electron chi connectivity index (χ0n) is 34.8. The number of hydrogen-bond acceptors (Lipinski definition) is 10. The second-order valence-electron chi connectivity index (χ2n) is 16.1. The molecule has 0 radical (unpaired) electrons. The Balaban J connectivity index is 1.02. The van der Waals surface area contributed by atoms with Gasteiger partial charge in [0.25, 0.3) is 5.91 Å². The van der Waals surface area contributed by atoms with Crippen LogP contribution in [0.2, 0.25) is 0 Å². The number of aromatic nitrogens is 3. The molecule has 18 heteroatoms. The quantitative estimate of drug-likeness (QED) is 0.113. The second kappa shape index (κ2) is 18.4. The molecule has 1 N–H and O–H groups in total. The van der Waals surface area contributed by atoms with Crippen LogP contribution < -0.4 is 15.0 Å². The molecule has 5 heterocycles. The predicted octanol–water partition coefficient (Wildman–Crippen LogP) is 5.86. The first-order valence-electron chi connectivity index (χ1n) is 20.8. The number of fused-ring (bicyclic) bond motifs is 1. The monoisotopic (exact) mass is 870 g/mol. The first-order valence-corrected chi connectivity index (χ1v) is 20.8. The molecule has 3 aromatic carbocycles. The topological polar surface area (TPSA) is 146 Å². The maximum Gasteiger partial charge on any atom is 0.387 e. The van der Waals surface area contributed by atoms with Gasteiger partial charge in [-0.25, -0.2) is 8.78 Å². The molecule has 2 fully saturated rings. The van der Waals surface area contributed by atoms with Crippen LogP contribution in [0.25, 0.3) is 27.7 Å². The van der Waals surface area contributed by atoms with Gasteiger partial charge < -0.3 is 23.9 Å². The van der Waals surface area contributed by atoms with E-state index >= 15 is 8.78 Å². The van der Waals surface area contributed by atoms with E-state index < -0.39 is 36.0 Å². The summed E-state index contributed by atoms with van der Waals surface area (Å²) in [5.41, 5.74) is 2.67. The molecular weight excluding hydrogens is 825 g/mol. The third kappa shape index (κ3) is 9.45. The smallest absolute Gasteiger partial charge is 0.387 e. The highest BCUT2D eigenvalue weighted by molar-refractivity contribution is 6.03. The van der Waals surface area contributed by atoms with Crippen molar-refractivity contribution in [2.24, 2.45) is 0 Å². The maximum atomic E-state index is 16.7. The lowest BCUT2D eigenvalue weighted by Crippen LogP contribution is -2.47. The second-order valence-corrected chi connectivity index (χ2v) is 16.1. The van der Waals surface area contributed by atoms with Gasteiger partial charge >= 0.3 is 6.61 Å². The molecule has 1 unspecified atom stereocenters. The molecule has 3 aliphatic rings. The number of rotatable bonds is 13. The van der Waals surface area contributed by atoms with E-state index in [9.17, 15) is 28.0 Å². The number of imide groups is 1. The van der Waals surface area contributed by atoms with E-state index in [4.69, 9.17) is 9.15 Å². The van der Waals surface area contributed by atoms with Crippen LogP contribution in [-0.4, -0.2) is 120 Å². The van der Waals surface area contributed by atoms with E-state index in [0.29, 0.717) is 87.5 Å². The largest absolute Gasteiger partial charge is 0.450 e. The van der Waals surface area contributed by atoms with E-state index in [1.54, 1.807) is 40.0 Å². The maximum absolute atomic E-state index is 16.7. The Morgan fingerprint density at radius 3 is 2.49 bits per heavy atom. The molecule has 330 valence electrons. The average molecular weight is 871 g/mol. The van der Waals surface area contributed by atoms with Gasteiger partial charge in [-0.2, -0.15) is 8.78 Å². The van der Waals surface area contributed by atoms with Crippen molar-refractivity contribution in [3.05, 3.63) is 101 Å². The molecule has 3 aliphatic heterocycles. The van der Waals surface area contributed by atoms with Gasteiger partial charge in [-0.3, -0.25) is 34.1 Å². The minimum Gasteiger partial charge on any atom is -0.450 e. The third-order valence-corrected chi connectivity index (χ3v) is 11.9. The van der Waals surface area contributed by atoms with E-state index in [-0.39, 0.29) is 70.4 Å². The van der Waals surface area contributed by atoms with E-state index in [0.717, 1.165) is 0 Å². The fraction of sp³-hybridized carbons (Fsp3) is 0.378. The highest BCUT2D eigenvalue weighted by Gasteiger charge is 2.30.